The fraction of sp³-hybridized carbons (Fsp3) is 0.500. The third-order valence-electron chi connectivity index (χ3n) is 5.55. The molecule has 0 amide bonds. The van der Waals surface area contributed by atoms with Crippen LogP contribution in [0.15, 0.2) is 39.9 Å². The van der Waals surface area contributed by atoms with Crippen molar-refractivity contribution in [3.05, 3.63) is 56.2 Å². The molecule has 31 heavy (non-hydrogen) atoms. The lowest BCUT2D eigenvalue weighted by Gasteiger charge is -2.36. The summed E-state index contributed by atoms with van der Waals surface area (Å²) in [5.41, 5.74) is -0.0557. The first kappa shape index (κ1) is 23.4. The molecule has 1 fully saturated rings. The summed E-state index contributed by atoms with van der Waals surface area (Å²) in [5, 5.41) is 0.559. The molecule has 1 saturated heterocycles. The third-order valence-corrected chi connectivity index (χ3v) is 6.99. The Balaban J connectivity index is 1.57. The van der Waals surface area contributed by atoms with E-state index in [1.54, 1.807) is 31.3 Å². The Bertz CT molecular complexity index is 1140. The smallest absolute Gasteiger partial charge is 0.332 e. The van der Waals surface area contributed by atoms with E-state index in [4.69, 9.17) is 11.6 Å². The van der Waals surface area contributed by atoms with Crippen LogP contribution in [0.2, 0.25) is 5.02 Å². The van der Waals surface area contributed by atoms with Gasteiger partial charge in [0, 0.05) is 64.5 Å². The van der Waals surface area contributed by atoms with Gasteiger partial charge in [0.05, 0.1) is 11.9 Å². The zero-order valence-electron chi connectivity index (χ0n) is 18.0. The standard InChI is InChI=1S/C20H28ClN5O4S/c1-22-18(15-19(27)23(2)20(22)28)25-13-11-24(12-14-25)9-4-10-26(31(3,29)30)17-7-5-16(21)6-8-17/h5-8,15H,4,9-14H2,1-3H3. The molecule has 0 N–H and O–H groups in total. The summed E-state index contributed by atoms with van der Waals surface area (Å²) in [5.74, 6) is 0.624. The fourth-order valence-corrected chi connectivity index (χ4v) is 4.85. The molecule has 11 heteroatoms. The molecule has 0 spiro atoms. The van der Waals surface area contributed by atoms with E-state index in [-0.39, 0.29) is 11.2 Å². The summed E-state index contributed by atoms with van der Waals surface area (Å²) in [6.07, 6.45) is 1.88. The molecule has 3 rings (SSSR count). The number of piperazine rings is 1. The highest BCUT2D eigenvalue weighted by Crippen LogP contribution is 2.21. The van der Waals surface area contributed by atoms with Gasteiger partial charge in [-0.05, 0) is 30.7 Å². The van der Waals surface area contributed by atoms with Crippen LogP contribution in [0.3, 0.4) is 0 Å². The number of sulfonamides is 1. The minimum atomic E-state index is -3.40. The minimum absolute atomic E-state index is 0.316. The van der Waals surface area contributed by atoms with Gasteiger partial charge in [-0.25, -0.2) is 13.2 Å². The summed E-state index contributed by atoms with van der Waals surface area (Å²) >= 11 is 5.91. The highest BCUT2D eigenvalue weighted by Gasteiger charge is 2.21. The van der Waals surface area contributed by atoms with Gasteiger partial charge in [-0.15, -0.1) is 0 Å². The van der Waals surface area contributed by atoms with Crippen LogP contribution < -0.4 is 20.5 Å². The molecule has 0 radical (unpaired) electrons. The van der Waals surface area contributed by atoms with Crippen LogP contribution in [0.5, 0.6) is 0 Å². The molecular formula is C20H28ClN5O4S. The average molecular weight is 470 g/mol. The fourth-order valence-electron chi connectivity index (χ4n) is 3.76. The number of halogens is 1. The van der Waals surface area contributed by atoms with Crippen LogP contribution >= 0.6 is 11.6 Å². The van der Waals surface area contributed by atoms with E-state index < -0.39 is 10.0 Å². The van der Waals surface area contributed by atoms with Crippen LogP contribution in [0, 0.1) is 0 Å². The first-order valence-corrected chi connectivity index (χ1v) is 12.3. The SMILES string of the molecule is Cn1c(N2CCN(CCCN(c3ccc(Cl)cc3)S(C)(=O)=O)CC2)cc(=O)n(C)c1=O. The van der Waals surface area contributed by atoms with Crippen molar-refractivity contribution >= 4 is 33.1 Å². The Labute approximate surface area is 187 Å². The van der Waals surface area contributed by atoms with Crippen molar-refractivity contribution in [1.29, 1.82) is 0 Å². The molecular weight excluding hydrogens is 442 g/mol. The van der Waals surface area contributed by atoms with Gasteiger partial charge in [-0.3, -0.25) is 23.1 Å². The van der Waals surface area contributed by atoms with E-state index in [1.807, 2.05) is 4.90 Å². The van der Waals surface area contributed by atoms with E-state index >= 15 is 0 Å². The van der Waals surface area contributed by atoms with Gasteiger partial charge in [0.2, 0.25) is 10.0 Å². The first-order valence-electron chi connectivity index (χ1n) is 10.1. The van der Waals surface area contributed by atoms with Crippen molar-refractivity contribution in [2.75, 3.05) is 54.7 Å². The Morgan fingerprint density at radius 3 is 2.19 bits per heavy atom. The largest absolute Gasteiger partial charge is 0.355 e. The van der Waals surface area contributed by atoms with Crippen LogP contribution in [0.1, 0.15) is 6.42 Å². The summed E-state index contributed by atoms with van der Waals surface area (Å²) < 4.78 is 28.4. The Morgan fingerprint density at radius 1 is 1.00 bits per heavy atom. The molecule has 170 valence electrons. The number of anilines is 2. The molecule has 0 bridgehead atoms. The maximum atomic E-state index is 12.2. The molecule has 1 aromatic carbocycles. The van der Waals surface area contributed by atoms with E-state index in [0.29, 0.717) is 42.6 Å². The van der Waals surface area contributed by atoms with Crippen LogP contribution in [-0.2, 0) is 24.1 Å². The van der Waals surface area contributed by atoms with Gasteiger partial charge in [-0.1, -0.05) is 11.6 Å². The lowest BCUT2D eigenvalue weighted by molar-refractivity contribution is 0.255. The average Bonchev–Trinajstić information content (AvgIpc) is 2.73. The first-order chi connectivity index (χ1) is 14.6. The highest BCUT2D eigenvalue weighted by atomic mass is 35.5. The molecule has 1 aromatic heterocycles. The van der Waals surface area contributed by atoms with E-state index in [2.05, 4.69) is 4.90 Å². The van der Waals surface area contributed by atoms with E-state index in [9.17, 15) is 18.0 Å². The number of hydrogen-bond donors (Lipinski definition) is 0. The molecule has 1 aliphatic rings. The predicted molar refractivity (Wildman–Crippen MR) is 124 cm³/mol. The maximum absolute atomic E-state index is 12.2. The predicted octanol–water partition coefficient (Wildman–Crippen LogP) is 0.716. The summed E-state index contributed by atoms with van der Waals surface area (Å²) in [6.45, 7) is 4.04. The number of nitrogens with zero attached hydrogens (tertiary/aromatic N) is 5. The number of rotatable bonds is 7. The molecule has 0 aliphatic carbocycles. The Hall–Kier alpha value is -2.30. The van der Waals surface area contributed by atoms with Gasteiger partial charge in [0.1, 0.15) is 5.82 Å². The van der Waals surface area contributed by atoms with Gasteiger partial charge in [0.15, 0.2) is 0 Å². The molecule has 1 aliphatic heterocycles. The van der Waals surface area contributed by atoms with Crippen LogP contribution in [0.4, 0.5) is 11.5 Å². The summed E-state index contributed by atoms with van der Waals surface area (Å²) in [6, 6.07) is 8.26. The molecule has 2 aromatic rings. The van der Waals surface area contributed by atoms with E-state index in [1.165, 1.54) is 28.2 Å². The minimum Gasteiger partial charge on any atom is -0.355 e. The normalized spacial score (nSPS) is 15.3. The molecule has 0 atom stereocenters. The number of hydrogen-bond acceptors (Lipinski definition) is 6. The van der Waals surface area contributed by atoms with Gasteiger partial charge >= 0.3 is 5.69 Å². The summed E-state index contributed by atoms with van der Waals surface area (Å²) in [7, 11) is -0.260. The zero-order valence-corrected chi connectivity index (χ0v) is 19.6. The maximum Gasteiger partial charge on any atom is 0.332 e. The second kappa shape index (κ2) is 9.46. The lowest BCUT2D eigenvalue weighted by Crippen LogP contribution is -2.49. The molecule has 9 nitrogen and oxygen atoms in total. The lowest BCUT2D eigenvalue weighted by atomic mass is 10.2. The topological polar surface area (TPSA) is 87.9 Å². The van der Waals surface area contributed by atoms with Crippen LogP contribution in [-0.4, -0.2) is 68.0 Å². The van der Waals surface area contributed by atoms with Crippen molar-refractivity contribution in [2.45, 2.75) is 6.42 Å². The third kappa shape index (κ3) is 5.50. The van der Waals surface area contributed by atoms with Crippen molar-refractivity contribution in [1.82, 2.24) is 14.0 Å². The van der Waals surface area contributed by atoms with Crippen LogP contribution in [0.25, 0.3) is 0 Å². The second-order valence-electron chi connectivity index (χ2n) is 7.74. The Kier molecular flexibility index (Phi) is 7.13. The van der Waals surface area contributed by atoms with Crippen molar-refractivity contribution in [3.63, 3.8) is 0 Å². The molecule has 0 saturated carbocycles. The highest BCUT2D eigenvalue weighted by molar-refractivity contribution is 7.92. The van der Waals surface area contributed by atoms with Crippen molar-refractivity contribution < 1.29 is 8.42 Å². The molecule has 2 heterocycles. The quantitative estimate of drug-likeness (QED) is 0.593. The van der Waals surface area contributed by atoms with Gasteiger partial charge < -0.3 is 4.90 Å². The van der Waals surface area contributed by atoms with E-state index in [0.717, 1.165) is 24.2 Å². The second-order valence-corrected chi connectivity index (χ2v) is 10.1. The number of aromatic nitrogens is 2. The van der Waals surface area contributed by atoms with Crippen molar-refractivity contribution in [3.8, 4) is 0 Å². The van der Waals surface area contributed by atoms with Crippen molar-refractivity contribution in [2.24, 2.45) is 14.1 Å². The van der Waals surface area contributed by atoms with Gasteiger partial charge in [-0.2, -0.15) is 0 Å². The van der Waals surface area contributed by atoms with Gasteiger partial charge in [0.25, 0.3) is 5.56 Å². The number of benzene rings is 1. The molecule has 0 unspecified atom stereocenters. The monoisotopic (exact) mass is 469 g/mol. The Morgan fingerprint density at radius 2 is 1.61 bits per heavy atom. The zero-order chi connectivity index (χ0) is 22.8. The summed E-state index contributed by atoms with van der Waals surface area (Å²) in [4.78, 5) is 28.5.